The minimum atomic E-state index is -2.09. The minimum Gasteiger partial charge on any atom is -0.454 e. The normalized spacial score (nSPS) is 17.2. The molecule has 1 aromatic heterocycles. The van der Waals surface area contributed by atoms with E-state index in [1.54, 1.807) is 83.4 Å². The van der Waals surface area contributed by atoms with E-state index in [-0.39, 0.29) is 30.3 Å². The van der Waals surface area contributed by atoms with Crippen LogP contribution >= 0.6 is 0 Å². The molecule has 0 fully saturated rings. The van der Waals surface area contributed by atoms with Crippen LogP contribution < -0.4 is 14.5 Å². The smallest absolute Gasteiger partial charge is 0.269 e. The first-order valence-corrected chi connectivity index (χ1v) is 16.5. The minimum absolute atomic E-state index is 0.0233. The number of benzene rings is 4. The summed E-state index contributed by atoms with van der Waals surface area (Å²) in [7, 11) is 0. The zero-order chi connectivity index (χ0) is 35.7. The van der Waals surface area contributed by atoms with Gasteiger partial charge in [0.05, 0.1) is 34.1 Å². The molecule has 0 spiro atoms. The summed E-state index contributed by atoms with van der Waals surface area (Å²) < 4.78 is 7.79. The second kappa shape index (κ2) is 13.6. The number of para-hydroxylation sites is 3. The second-order valence-corrected chi connectivity index (χ2v) is 12.4. The van der Waals surface area contributed by atoms with E-state index in [0.717, 1.165) is 0 Å². The zero-order valence-corrected chi connectivity index (χ0v) is 27.6. The van der Waals surface area contributed by atoms with Crippen LogP contribution in [0.1, 0.15) is 40.5 Å². The van der Waals surface area contributed by atoms with Gasteiger partial charge in [0.25, 0.3) is 17.5 Å². The summed E-state index contributed by atoms with van der Waals surface area (Å²) in [6.45, 7) is 2.18. The molecule has 0 radical (unpaired) electrons. The molecule has 2 atom stereocenters. The highest BCUT2D eigenvalue weighted by Crippen LogP contribution is 2.48. The fourth-order valence-electron chi connectivity index (χ4n) is 6.57. The van der Waals surface area contributed by atoms with Gasteiger partial charge in [-0.3, -0.25) is 29.3 Å². The number of carbonyl (C=O) groups excluding carboxylic acids is 2. The van der Waals surface area contributed by atoms with E-state index >= 15 is 0 Å². The Hall–Kier alpha value is -6.18. The molecule has 0 saturated heterocycles. The number of nitro benzene ring substituents is 1. The van der Waals surface area contributed by atoms with Crippen LogP contribution in [0.3, 0.4) is 0 Å². The Labute approximate surface area is 292 Å². The molecule has 0 bridgehead atoms. The molecule has 3 heterocycles. The predicted octanol–water partition coefficient (Wildman–Crippen LogP) is 5.82. The lowest BCUT2D eigenvalue weighted by Gasteiger charge is -2.28. The molecule has 5 aromatic rings. The molecule has 7 rings (SSSR count). The lowest BCUT2D eigenvalue weighted by Crippen LogP contribution is -2.44. The first-order valence-electron chi connectivity index (χ1n) is 16.5. The van der Waals surface area contributed by atoms with Crippen molar-refractivity contribution in [3.8, 4) is 11.5 Å². The fourth-order valence-corrected chi connectivity index (χ4v) is 6.57. The van der Waals surface area contributed by atoms with Crippen LogP contribution in [0.25, 0.3) is 0 Å². The Bertz CT molecular complexity index is 2180. The molecule has 13 heteroatoms. The second-order valence-electron chi connectivity index (χ2n) is 12.4. The molecule has 13 nitrogen and oxygen atoms in total. The molecule has 0 aliphatic carbocycles. The zero-order valence-electron chi connectivity index (χ0n) is 27.6. The maximum atomic E-state index is 14.3. The number of aromatic nitrogens is 3. The molecule has 0 unspecified atom stereocenters. The number of aryl methyl sites for hydroxylation is 1. The quantitative estimate of drug-likeness (QED) is 0.0990. The van der Waals surface area contributed by atoms with Gasteiger partial charge in [-0.25, -0.2) is 0 Å². The first-order chi connectivity index (χ1) is 24.7. The topological polar surface area (TPSA) is 164 Å². The summed E-state index contributed by atoms with van der Waals surface area (Å²) in [5.74, 6) is -0.716. The van der Waals surface area contributed by atoms with Crippen LogP contribution in [0.15, 0.2) is 109 Å². The van der Waals surface area contributed by atoms with Crippen molar-refractivity contribution in [3.05, 3.63) is 142 Å². The van der Waals surface area contributed by atoms with E-state index in [1.807, 2.05) is 24.3 Å². The van der Waals surface area contributed by atoms with E-state index in [9.17, 15) is 24.8 Å². The van der Waals surface area contributed by atoms with Crippen molar-refractivity contribution in [1.82, 2.24) is 15.0 Å². The Morgan fingerprint density at radius 1 is 0.980 bits per heavy atom. The molecule has 2 aliphatic heterocycles. The highest BCUT2D eigenvalue weighted by Gasteiger charge is 2.53. The molecule has 2 aliphatic rings. The molecule has 4 aromatic carbocycles. The molecule has 2 amide bonds. The lowest BCUT2D eigenvalue weighted by molar-refractivity contribution is -0.385. The van der Waals surface area contributed by atoms with Gasteiger partial charge < -0.3 is 19.8 Å². The lowest BCUT2D eigenvalue weighted by atomic mass is 9.82. The number of rotatable bonds is 11. The van der Waals surface area contributed by atoms with E-state index in [0.29, 0.717) is 64.8 Å². The molecule has 0 saturated carbocycles. The molecular weight excluding hydrogens is 652 g/mol. The Morgan fingerprint density at radius 3 is 2.57 bits per heavy atom. The summed E-state index contributed by atoms with van der Waals surface area (Å²) in [5, 5.41) is 41.1. The summed E-state index contributed by atoms with van der Waals surface area (Å²) >= 11 is 0. The van der Waals surface area contributed by atoms with Crippen LogP contribution in [0.2, 0.25) is 0 Å². The van der Waals surface area contributed by atoms with Crippen molar-refractivity contribution in [2.45, 2.75) is 38.5 Å². The third-order valence-corrected chi connectivity index (χ3v) is 9.18. The number of aliphatic hydroxyl groups is 2. The number of fused-ring (bicyclic) bond motifs is 3. The number of hydrogen-bond acceptors (Lipinski definition) is 9. The largest absolute Gasteiger partial charge is 0.454 e. The van der Waals surface area contributed by atoms with Gasteiger partial charge in [0.1, 0.15) is 5.75 Å². The molecular formula is C38H34N6O7. The van der Waals surface area contributed by atoms with Gasteiger partial charge in [-0.05, 0) is 54.4 Å². The Balaban J connectivity index is 1.18. The van der Waals surface area contributed by atoms with Gasteiger partial charge in [-0.1, -0.05) is 60.7 Å². The number of aliphatic hydroxyl groups excluding tert-OH is 1. The van der Waals surface area contributed by atoms with Crippen molar-refractivity contribution in [1.29, 1.82) is 0 Å². The number of amides is 2. The summed E-state index contributed by atoms with van der Waals surface area (Å²) in [5.41, 5.74) is 0.994. The number of nitrogens with zero attached hydrogens (tertiary/aromatic N) is 6. The van der Waals surface area contributed by atoms with E-state index in [4.69, 9.17) is 9.84 Å². The monoisotopic (exact) mass is 686 g/mol. The van der Waals surface area contributed by atoms with Gasteiger partial charge in [0.2, 0.25) is 0 Å². The highest BCUT2D eigenvalue weighted by molar-refractivity contribution is 6.14. The third-order valence-electron chi connectivity index (χ3n) is 9.18. The van der Waals surface area contributed by atoms with Crippen molar-refractivity contribution in [2.24, 2.45) is 5.92 Å². The van der Waals surface area contributed by atoms with Crippen LogP contribution in [-0.4, -0.2) is 48.6 Å². The third kappa shape index (κ3) is 6.13. The van der Waals surface area contributed by atoms with Gasteiger partial charge in [0.15, 0.2) is 11.4 Å². The van der Waals surface area contributed by atoms with Crippen LogP contribution in [-0.2, 0) is 29.9 Å². The van der Waals surface area contributed by atoms with Crippen LogP contribution in [0.5, 0.6) is 11.5 Å². The van der Waals surface area contributed by atoms with Gasteiger partial charge >= 0.3 is 0 Å². The number of carbonyl (C=O) groups is 2. The SMILES string of the molecule is C[C@@H](/C=C/CCn1cc(CCO)nn1)[C@]1(O)C(=O)N(Cc2cccc(N3C(=O)c4ccccc4Oc4ccccc43)c2)c2ccc([N+](=O)[O-])cc21. The number of nitro groups is 1. The summed E-state index contributed by atoms with van der Waals surface area (Å²) in [4.78, 5) is 42.5. The van der Waals surface area contributed by atoms with E-state index < -0.39 is 22.3 Å². The van der Waals surface area contributed by atoms with Crippen LogP contribution in [0.4, 0.5) is 22.7 Å². The predicted molar refractivity (Wildman–Crippen MR) is 188 cm³/mol. The average Bonchev–Trinajstić information content (AvgIpc) is 3.63. The Kier molecular flexibility index (Phi) is 8.90. The van der Waals surface area contributed by atoms with Gasteiger partial charge in [-0.2, -0.15) is 0 Å². The Morgan fingerprint density at radius 2 is 1.76 bits per heavy atom. The van der Waals surface area contributed by atoms with E-state index in [1.165, 1.54) is 23.1 Å². The van der Waals surface area contributed by atoms with Crippen molar-refractivity contribution in [2.75, 3.05) is 16.4 Å². The van der Waals surface area contributed by atoms with Gasteiger partial charge in [-0.15, -0.1) is 5.10 Å². The highest BCUT2D eigenvalue weighted by atomic mass is 16.6. The van der Waals surface area contributed by atoms with Crippen LogP contribution in [0, 0.1) is 16.0 Å². The standard InChI is InChI=1S/C38H34N6O7/c1-25(9-6-7-19-41-24-27(18-20-45)39-40-41)38(48)31-22-29(44(49)50)16-17-32(31)42(37(38)47)23-26-10-8-11-28(21-26)43-33-13-3-5-15-35(33)51-34-14-4-2-12-30(34)36(43)46/h2-6,8-17,21-22,24-25,45,48H,7,18-20,23H2,1H3/b9-6+/t25-,38+/m0/s1. The molecule has 2 N–H and O–H groups in total. The van der Waals surface area contributed by atoms with Crippen molar-refractivity contribution < 1.29 is 29.5 Å². The number of non-ortho nitro benzene ring substituents is 1. The number of anilines is 3. The van der Waals surface area contributed by atoms with Crippen molar-refractivity contribution in [3.63, 3.8) is 0 Å². The average molecular weight is 687 g/mol. The number of hydrogen-bond donors (Lipinski definition) is 2. The summed E-state index contributed by atoms with van der Waals surface area (Å²) in [6.07, 6.45) is 6.21. The summed E-state index contributed by atoms with van der Waals surface area (Å²) in [6, 6.07) is 25.5. The maximum Gasteiger partial charge on any atom is 0.269 e. The molecule has 51 heavy (non-hydrogen) atoms. The molecule has 258 valence electrons. The fraction of sp³-hybridized carbons (Fsp3) is 0.211. The van der Waals surface area contributed by atoms with Gasteiger partial charge in [0, 0.05) is 55.1 Å². The number of allylic oxidation sites excluding steroid dienone is 1. The first kappa shape index (κ1) is 33.3. The van der Waals surface area contributed by atoms with Crippen molar-refractivity contribution >= 4 is 34.6 Å². The number of ether oxygens (including phenoxy) is 1. The van der Waals surface area contributed by atoms with E-state index in [2.05, 4.69) is 10.3 Å². The maximum absolute atomic E-state index is 14.3.